The number of hydrogen-bond acceptors (Lipinski definition) is 5. The highest BCUT2D eigenvalue weighted by Gasteiger charge is 2.15. The van der Waals surface area contributed by atoms with Crippen LogP contribution in [-0.4, -0.2) is 32.2 Å². The maximum absolute atomic E-state index is 10.4. The average molecular weight is 200 g/mol. The predicted octanol–water partition coefficient (Wildman–Crippen LogP) is 0.121. The summed E-state index contributed by atoms with van der Waals surface area (Å²) in [6.45, 7) is 1.92. The summed E-state index contributed by atoms with van der Waals surface area (Å²) in [6, 6.07) is 0. The van der Waals surface area contributed by atoms with Gasteiger partial charge < -0.3 is 20.5 Å². The van der Waals surface area contributed by atoms with E-state index in [9.17, 15) is 10.1 Å². The van der Waals surface area contributed by atoms with Gasteiger partial charge in [-0.1, -0.05) is 0 Å². The number of aliphatic hydroxyl groups excluding tert-OH is 1. The minimum absolute atomic E-state index is 0.0851. The van der Waals surface area contributed by atoms with Gasteiger partial charge in [0.05, 0.1) is 13.2 Å². The van der Waals surface area contributed by atoms with E-state index < -0.39 is 11.0 Å². The molecule has 0 saturated carbocycles. The zero-order valence-electron chi connectivity index (χ0n) is 7.97. The third kappa shape index (κ3) is 2.19. The van der Waals surface area contributed by atoms with Crippen LogP contribution in [0.25, 0.3) is 0 Å². The fourth-order valence-corrected chi connectivity index (χ4v) is 0.973. The normalized spacial score (nSPS) is 12.5. The third-order valence-electron chi connectivity index (χ3n) is 1.71. The molecule has 0 saturated heterocycles. The van der Waals surface area contributed by atoms with Crippen molar-refractivity contribution in [2.75, 3.05) is 11.9 Å². The van der Waals surface area contributed by atoms with E-state index in [2.05, 4.69) is 10.3 Å². The molecule has 78 valence electrons. The summed E-state index contributed by atoms with van der Waals surface area (Å²) in [4.78, 5) is 13.7. The molecular weight excluding hydrogens is 188 g/mol. The molecule has 1 aromatic heterocycles. The highest BCUT2D eigenvalue weighted by atomic mass is 16.6. The van der Waals surface area contributed by atoms with Gasteiger partial charge in [-0.25, -0.2) is 0 Å². The van der Waals surface area contributed by atoms with Gasteiger partial charge in [0.15, 0.2) is 0 Å². The van der Waals surface area contributed by atoms with Crippen molar-refractivity contribution < 1.29 is 10.0 Å². The van der Waals surface area contributed by atoms with Crippen molar-refractivity contribution in [3.8, 4) is 0 Å². The van der Waals surface area contributed by atoms with E-state index in [1.165, 1.54) is 17.8 Å². The lowest BCUT2D eigenvalue weighted by molar-refractivity contribution is -0.391. The topological polar surface area (TPSA) is 93.2 Å². The molecule has 0 aromatic carbocycles. The van der Waals surface area contributed by atoms with E-state index in [1.54, 1.807) is 6.92 Å². The molecule has 1 heterocycles. The number of nitro groups is 1. The SMILES string of the molecule is CC(O)CNc1ncc([N+](=O)[O-])n1C. The molecule has 1 unspecified atom stereocenters. The fourth-order valence-electron chi connectivity index (χ4n) is 0.973. The number of rotatable bonds is 4. The Bertz CT molecular complexity index is 334. The maximum Gasteiger partial charge on any atom is 0.344 e. The van der Waals surface area contributed by atoms with Gasteiger partial charge in [0, 0.05) is 6.54 Å². The van der Waals surface area contributed by atoms with Crippen LogP contribution in [-0.2, 0) is 7.05 Å². The van der Waals surface area contributed by atoms with Gasteiger partial charge in [-0.15, -0.1) is 0 Å². The Hall–Kier alpha value is -1.63. The fraction of sp³-hybridized carbons (Fsp3) is 0.571. The Morgan fingerprint density at radius 1 is 1.86 bits per heavy atom. The minimum atomic E-state index is -0.522. The van der Waals surface area contributed by atoms with E-state index in [1.807, 2.05) is 0 Å². The summed E-state index contributed by atoms with van der Waals surface area (Å²) in [5.74, 6) is 0.288. The Labute approximate surface area is 80.5 Å². The van der Waals surface area contributed by atoms with Crippen LogP contribution in [0.5, 0.6) is 0 Å². The number of hydrogen-bond donors (Lipinski definition) is 2. The average Bonchev–Trinajstić information content (AvgIpc) is 2.43. The molecule has 0 aliphatic heterocycles. The number of anilines is 1. The first kappa shape index (κ1) is 10.5. The molecule has 0 fully saturated rings. The molecule has 0 bridgehead atoms. The standard InChI is InChI=1S/C7H12N4O3/c1-5(12)3-8-7-9-4-6(10(7)2)11(13)14/h4-5,12H,3H2,1-2H3,(H,8,9). The van der Waals surface area contributed by atoms with Gasteiger partial charge in [-0.2, -0.15) is 9.55 Å². The predicted molar refractivity (Wildman–Crippen MR) is 50.0 cm³/mol. The van der Waals surface area contributed by atoms with E-state index >= 15 is 0 Å². The quantitative estimate of drug-likeness (QED) is 0.532. The van der Waals surface area contributed by atoms with Crippen LogP contribution in [0.3, 0.4) is 0 Å². The summed E-state index contributed by atoms with van der Waals surface area (Å²) >= 11 is 0. The minimum Gasteiger partial charge on any atom is -0.392 e. The lowest BCUT2D eigenvalue weighted by Gasteiger charge is -2.04. The summed E-state index contributed by atoms with van der Waals surface area (Å²) < 4.78 is 1.32. The summed E-state index contributed by atoms with van der Waals surface area (Å²) in [5.41, 5.74) is 0. The third-order valence-corrected chi connectivity index (χ3v) is 1.71. The first-order valence-corrected chi connectivity index (χ1v) is 4.10. The molecule has 0 aliphatic carbocycles. The van der Waals surface area contributed by atoms with Gasteiger partial charge >= 0.3 is 5.82 Å². The number of nitrogens with zero attached hydrogens (tertiary/aromatic N) is 3. The van der Waals surface area contributed by atoms with Crippen molar-refractivity contribution in [1.29, 1.82) is 0 Å². The van der Waals surface area contributed by atoms with Crippen molar-refractivity contribution in [3.63, 3.8) is 0 Å². The van der Waals surface area contributed by atoms with E-state index in [4.69, 9.17) is 5.11 Å². The molecule has 1 atom stereocenters. The highest BCUT2D eigenvalue weighted by Crippen LogP contribution is 2.14. The number of imidazole rings is 1. The first-order valence-electron chi connectivity index (χ1n) is 4.10. The smallest absolute Gasteiger partial charge is 0.344 e. The monoisotopic (exact) mass is 200 g/mol. The molecule has 0 spiro atoms. The van der Waals surface area contributed by atoms with Crippen molar-refractivity contribution in [1.82, 2.24) is 9.55 Å². The van der Waals surface area contributed by atoms with Gasteiger partial charge in [-0.3, -0.25) is 0 Å². The number of nitrogens with one attached hydrogen (secondary N) is 1. The number of aromatic nitrogens is 2. The first-order chi connectivity index (χ1) is 6.52. The summed E-state index contributed by atoms with van der Waals surface area (Å²) in [7, 11) is 1.54. The largest absolute Gasteiger partial charge is 0.392 e. The second kappa shape index (κ2) is 4.05. The highest BCUT2D eigenvalue weighted by molar-refractivity contribution is 5.35. The zero-order chi connectivity index (χ0) is 10.7. The molecule has 0 radical (unpaired) electrons. The van der Waals surface area contributed by atoms with Crippen molar-refractivity contribution in [2.24, 2.45) is 7.05 Å². The van der Waals surface area contributed by atoms with Crippen molar-refractivity contribution >= 4 is 11.8 Å². The molecule has 7 nitrogen and oxygen atoms in total. The van der Waals surface area contributed by atoms with Gasteiger partial charge in [0.2, 0.25) is 0 Å². The molecule has 1 rings (SSSR count). The van der Waals surface area contributed by atoms with Gasteiger partial charge in [0.25, 0.3) is 5.95 Å². The van der Waals surface area contributed by atoms with Crippen LogP contribution in [0.4, 0.5) is 11.8 Å². The van der Waals surface area contributed by atoms with Crippen LogP contribution in [0.1, 0.15) is 6.92 Å². The zero-order valence-corrected chi connectivity index (χ0v) is 7.97. The Balaban J connectivity index is 2.74. The van der Waals surface area contributed by atoms with Crippen LogP contribution >= 0.6 is 0 Å². The molecular formula is C7H12N4O3. The van der Waals surface area contributed by atoms with E-state index in [0.717, 1.165) is 0 Å². The van der Waals surface area contributed by atoms with Gasteiger partial charge in [0.1, 0.15) is 6.20 Å². The second-order valence-corrected chi connectivity index (χ2v) is 2.99. The Morgan fingerprint density at radius 3 is 2.93 bits per heavy atom. The summed E-state index contributed by atoms with van der Waals surface area (Å²) in [5, 5.41) is 22.2. The van der Waals surface area contributed by atoms with E-state index in [0.29, 0.717) is 12.5 Å². The molecule has 2 N–H and O–H groups in total. The van der Waals surface area contributed by atoms with Crippen LogP contribution in [0.15, 0.2) is 6.20 Å². The second-order valence-electron chi connectivity index (χ2n) is 2.99. The molecule has 7 heteroatoms. The number of aliphatic hydroxyl groups is 1. The lowest BCUT2D eigenvalue weighted by Crippen LogP contribution is -2.17. The van der Waals surface area contributed by atoms with Crippen molar-refractivity contribution in [3.05, 3.63) is 16.3 Å². The lowest BCUT2D eigenvalue weighted by atomic mass is 10.4. The Morgan fingerprint density at radius 2 is 2.50 bits per heavy atom. The molecule has 14 heavy (non-hydrogen) atoms. The van der Waals surface area contributed by atoms with E-state index in [-0.39, 0.29) is 5.82 Å². The van der Waals surface area contributed by atoms with Crippen molar-refractivity contribution in [2.45, 2.75) is 13.0 Å². The maximum atomic E-state index is 10.4. The van der Waals surface area contributed by atoms with Crippen LogP contribution in [0, 0.1) is 10.1 Å². The summed E-state index contributed by atoms with van der Waals surface area (Å²) in [6.07, 6.45) is 0.649. The molecule has 1 aromatic rings. The Kier molecular flexibility index (Phi) is 3.03. The molecule has 0 aliphatic rings. The van der Waals surface area contributed by atoms with Gasteiger partial charge in [-0.05, 0) is 11.8 Å². The molecule has 0 amide bonds. The van der Waals surface area contributed by atoms with Crippen LogP contribution < -0.4 is 5.32 Å². The van der Waals surface area contributed by atoms with Crippen LogP contribution in [0.2, 0.25) is 0 Å².